The molecule has 208 valence electrons. The Balaban J connectivity index is 2.06. The van der Waals surface area contributed by atoms with Crippen molar-refractivity contribution in [2.75, 3.05) is 25.2 Å². The minimum atomic E-state index is -3.50. The molecule has 0 amide bonds. The summed E-state index contributed by atoms with van der Waals surface area (Å²) in [6, 6.07) is -0.857. The molecule has 0 spiro atoms. The second-order valence-electron chi connectivity index (χ2n) is 9.29. The van der Waals surface area contributed by atoms with Gasteiger partial charge in [-0.25, -0.2) is 20.0 Å². The van der Waals surface area contributed by atoms with E-state index in [1.54, 1.807) is 38.6 Å². The SMILES string of the molecule is CCCCOC(=O)[C@@H](C)NP(=O)(CO[C@H](C)Cn1cnc2c(N)ncnc21)NC[C@H](C)C(=O)OC(C)C. The van der Waals surface area contributed by atoms with Crippen molar-refractivity contribution in [2.24, 2.45) is 5.92 Å². The van der Waals surface area contributed by atoms with Crippen molar-refractivity contribution < 1.29 is 28.4 Å². The molecule has 13 nitrogen and oxygen atoms in total. The van der Waals surface area contributed by atoms with Gasteiger partial charge in [0.25, 0.3) is 0 Å². The molecule has 14 heteroatoms. The summed E-state index contributed by atoms with van der Waals surface area (Å²) >= 11 is 0. The van der Waals surface area contributed by atoms with Crippen molar-refractivity contribution in [1.82, 2.24) is 29.7 Å². The lowest BCUT2D eigenvalue weighted by molar-refractivity contribution is -0.151. The second kappa shape index (κ2) is 14.4. The molecule has 0 aliphatic heterocycles. The first kappa shape index (κ1) is 30.6. The zero-order chi connectivity index (χ0) is 27.6. The van der Waals surface area contributed by atoms with Crippen molar-refractivity contribution in [3.8, 4) is 0 Å². The van der Waals surface area contributed by atoms with E-state index in [1.165, 1.54) is 6.33 Å². The summed E-state index contributed by atoms with van der Waals surface area (Å²) in [6.07, 6.45) is 3.66. The minimum absolute atomic E-state index is 0.0630. The van der Waals surface area contributed by atoms with Crippen molar-refractivity contribution in [3.05, 3.63) is 12.7 Å². The number of fused-ring (bicyclic) bond motifs is 1. The van der Waals surface area contributed by atoms with Crippen LogP contribution >= 0.6 is 7.44 Å². The minimum Gasteiger partial charge on any atom is -0.465 e. The molecular formula is C23H40N7O6P. The third kappa shape index (κ3) is 9.66. The molecular weight excluding hydrogens is 501 g/mol. The van der Waals surface area contributed by atoms with Gasteiger partial charge in [0, 0.05) is 6.54 Å². The lowest BCUT2D eigenvalue weighted by Crippen LogP contribution is -2.40. The number of ether oxygens (including phenoxy) is 3. The Labute approximate surface area is 217 Å². The van der Waals surface area contributed by atoms with Crippen molar-refractivity contribution in [2.45, 2.75) is 79.2 Å². The molecule has 2 aromatic heterocycles. The van der Waals surface area contributed by atoms with Gasteiger partial charge in [0.1, 0.15) is 24.2 Å². The molecule has 0 aromatic carbocycles. The zero-order valence-electron chi connectivity index (χ0n) is 22.5. The second-order valence-corrected chi connectivity index (χ2v) is 11.6. The van der Waals surface area contributed by atoms with Crippen LogP contribution in [0.2, 0.25) is 0 Å². The Bertz CT molecular complexity index is 1080. The van der Waals surface area contributed by atoms with Gasteiger partial charge in [0.05, 0.1) is 37.6 Å². The number of rotatable bonds is 16. The molecule has 0 bridgehead atoms. The van der Waals surface area contributed by atoms with Gasteiger partial charge in [-0.2, -0.15) is 0 Å². The van der Waals surface area contributed by atoms with Crippen LogP contribution in [0, 0.1) is 5.92 Å². The van der Waals surface area contributed by atoms with E-state index in [-0.39, 0.29) is 31.4 Å². The van der Waals surface area contributed by atoms with E-state index in [2.05, 4.69) is 25.1 Å². The molecule has 2 aromatic rings. The number of hydrogen-bond acceptors (Lipinski definition) is 10. The number of nitrogens with one attached hydrogen (secondary N) is 2. The molecule has 4 N–H and O–H groups in total. The molecule has 4 atom stereocenters. The van der Waals surface area contributed by atoms with Gasteiger partial charge in [-0.1, -0.05) is 20.3 Å². The molecule has 0 fully saturated rings. The fraction of sp³-hybridized carbons (Fsp3) is 0.696. The van der Waals surface area contributed by atoms with E-state index >= 15 is 0 Å². The molecule has 2 rings (SSSR count). The first-order valence-corrected chi connectivity index (χ1v) is 14.4. The average Bonchev–Trinajstić information content (AvgIpc) is 3.25. The van der Waals surface area contributed by atoms with Crippen LogP contribution in [-0.4, -0.2) is 69.2 Å². The fourth-order valence-corrected chi connectivity index (χ4v) is 5.27. The molecule has 0 saturated heterocycles. The first-order chi connectivity index (χ1) is 17.5. The van der Waals surface area contributed by atoms with Gasteiger partial charge in [-0.3, -0.25) is 19.2 Å². The zero-order valence-corrected chi connectivity index (χ0v) is 23.4. The Kier molecular flexibility index (Phi) is 11.9. The van der Waals surface area contributed by atoms with E-state index in [4.69, 9.17) is 19.9 Å². The van der Waals surface area contributed by atoms with Crippen LogP contribution in [0.3, 0.4) is 0 Å². The van der Waals surface area contributed by atoms with Crippen molar-refractivity contribution in [3.63, 3.8) is 0 Å². The molecule has 0 radical (unpaired) electrons. The number of nitrogen functional groups attached to an aromatic ring is 1. The van der Waals surface area contributed by atoms with Crippen LogP contribution in [0.1, 0.15) is 54.4 Å². The Morgan fingerprint density at radius 2 is 1.86 bits per heavy atom. The summed E-state index contributed by atoms with van der Waals surface area (Å²) in [5, 5.41) is 5.75. The smallest absolute Gasteiger partial charge is 0.323 e. The maximum absolute atomic E-state index is 13.8. The number of imidazole rings is 1. The standard InChI is InChI=1S/C23H40N7O6P/c1-7-8-9-34-23(32)18(6)29-37(33,28-10-16(4)22(31)36-15(2)3)14-35-17(5)11-30-13-27-19-20(24)25-12-26-21(19)30/h12-13,15-18H,7-11,14H2,1-6H3,(H2,24,25,26)(H2,28,29,33)/t16-,17+,18+,37?/m0/s1. The maximum atomic E-state index is 13.8. The largest absolute Gasteiger partial charge is 0.465 e. The summed E-state index contributed by atoms with van der Waals surface area (Å²) in [4.78, 5) is 37.0. The summed E-state index contributed by atoms with van der Waals surface area (Å²) in [5.74, 6) is -1.22. The van der Waals surface area contributed by atoms with Crippen LogP contribution in [-0.2, 0) is 34.9 Å². The lowest BCUT2D eigenvalue weighted by atomic mass is 10.2. The topological polar surface area (TPSA) is 173 Å². The first-order valence-electron chi connectivity index (χ1n) is 12.5. The quantitative estimate of drug-likeness (QED) is 0.161. The predicted octanol–water partition coefficient (Wildman–Crippen LogP) is 2.46. The Morgan fingerprint density at radius 1 is 1.14 bits per heavy atom. The highest BCUT2D eigenvalue weighted by Gasteiger charge is 2.30. The molecule has 0 aliphatic rings. The molecule has 0 saturated carbocycles. The van der Waals surface area contributed by atoms with Crippen molar-refractivity contribution >= 4 is 36.4 Å². The number of esters is 2. The highest BCUT2D eigenvalue weighted by atomic mass is 31.2. The lowest BCUT2D eigenvalue weighted by Gasteiger charge is -2.26. The van der Waals surface area contributed by atoms with Gasteiger partial charge >= 0.3 is 11.9 Å². The Hall–Kier alpha value is -2.60. The van der Waals surface area contributed by atoms with Crippen LogP contribution in [0.4, 0.5) is 5.82 Å². The van der Waals surface area contributed by atoms with E-state index in [1.807, 2.05) is 13.8 Å². The number of nitrogens with zero attached hydrogens (tertiary/aromatic N) is 4. The Morgan fingerprint density at radius 3 is 2.54 bits per heavy atom. The summed E-state index contributed by atoms with van der Waals surface area (Å²) in [5.41, 5.74) is 6.89. The predicted molar refractivity (Wildman–Crippen MR) is 140 cm³/mol. The summed E-state index contributed by atoms with van der Waals surface area (Å²) < 4.78 is 32.0. The number of anilines is 1. The van der Waals surface area contributed by atoms with Crippen LogP contribution in [0.5, 0.6) is 0 Å². The summed E-state index contributed by atoms with van der Waals surface area (Å²) in [7, 11) is -3.50. The van der Waals surface area contributed by atoms with Crippen LogP contribution in [0.25, 0.3) is 11.2 Å². The number of carbonyl (C=O) groups is 2. The number of hydrogen-bond donors (Lipinski definition) is 3. The molecule has 0 aliphatic carbocycles. The fourth-order valence-electron chi connectivity index (χ4n) is 3.25. The number of carbonyl (C=O) groups excluding carboxylic acids is 2. The third-order valence-electron chi connectivity index (χ3n) is 5.33. The number of nitrogens with two attached hydrogens (primary N) is 1. The van der Waals surface area contributed by atoms with E-state index in [0.717, 1.165) is 12.8 Å². The van der Waals surface area contributed by atoms with Crippen LogP contribution in [0.15, 0.2) is 12.7 Å². The maximum Gasteiger partial charge on any atom is 0.323 e. The van der Waals surface area contributed by atoms with Crippen molar-refractivity contribution in [1.29, 1.82) is 0 Å². The summed E-state index contributed by atoms with van der Waals surface area (Å²) in [6.45, 7) is 11.3. The van der Waals surface area contributed by atoms with E-state index in [9.17, 15) is 14.2 Å². The highest BCUT2D eigenvalue weighted by molar-refractivity contribution is 7.59. The highest BCUT2D eigenvalue weighted by Crippen LogP contribution is 2.37. The van der Waals surface area contributed by atoms with E-state index in [0.29, 0.717) is 17.7 Å². The van der Waals surface area contributed by atoms with Gasteiger partial charge in [0.2, 0.25) is 7.44 Å². The number of aromatic nitrogens is 4. The van der Waals surface area contributed by atoms with Gasteiger partial charge in [-0.15, -0.1) is 0 Å². The van der Waals surface area contributed by atoms with Gasteiger partial charge in [0.15, 0.2) is 11.5 Å². The molecule has 2 heterocycles. The third-order valence-corrected chi connectivity index (χ3v) is 7.34. The normalized spacial score (nSPS) is 15.8. The molecule has 1 unspecified atom stereocenters. The number of unbranched alkanes of at least 4 members (excludes halogenated alkanes) is 1. The molecule has 37 heavy (non-hydrogen) atoms. The monoisotopic (exact) mass is 541 g/mol. The van der Waals surface area contributed by atoms with Gasteiger partial charge < -0.3 is 24.5 Å². The van der Waals surface area contributed by atoms with Crippen LogP contribution < -0.4 is 15.9 Å². The van der Waals surface area contributed by atoms with E-state index < -0.39 is 37.4 Å². The average molecular weight is 542 g/mol. The van der Waals surface area contributed by atoms with Gasteiger partial charge in [-0.05, 0) is 34.1 Å².